The van der Waals surface area contributed by atoms with Crippen molar-refractivity contribution >= 4 is 62.9 Å². The van der Waals surface area contributed by atoms with Crippen molar-refractivity contribution in [3.05, 3.63) is 88.5 Å². The first-order valence-electron chi connectivity index (χ1n) is 21.0. The van der Waals surface area contributed by atoms with E-state index in [4.69, 9.17) is 11.5 Å². The number of hydrogen-bond acceptors (Lipinski definition) is 9. The molecule has 2 aromatic carbocycles. The number of aliphatic imine (C=N–C) groups is 1. The lowest BCUT2D eigenvalue weighted by Crippen LogP contribution is -2.36. The fourth-order valence-corrected chi connectivity index (χ4v) is 7.43. The third-order valence-corrected chi connectivity index (χ3v) is 10.4. The molecule has 5 heterocycles. The second kappa shape index (κ2) is 20.2. The largest absolute Gasteiger partial charge is 0.387 e. The standard InChI is InChI=1S/C29H38N6O2.C15H18N4.C2H6/c1-5-10-34(11-6-2)29(37)22-13-20-7-8-21(15-26(20)33-27(30)16-22)28(36)32-24-14-23-18-35(19(3)4)12-9-25(23)31-17-24;1-3-4-9-12-18-13-14(19(12)2)10-7-5-6-8-11(10)17-15(13)16;1-2/h7-8,13-15,17,19H,5-6,9-12,16,18H2,1-4H3,(H2,30,33)(H,32,36);5-8H,3-4,9H2,1-2H3,(H2,16,17);1-2H3. The normalized spacial score (nSPS) is 13.6. The lowest BCUT2D eigenvalue weighted by Gasteiger charge is -2.31. The van der Waals surface area contributed by atoms with Crippen LogP contribution in [0.1, 0.15) is 114 Å². The highest BCUT2D eigenvalue weighted by Gasteiger charge is 2.23. The van der Waals surface area contributed by atoms with Gasteiger partial charge >= 0.3 is 0 Å². The van der Waals surface area contributed by atoms with Gasteiger partial charge in [-0.3, -0.25) is 19.5 Å². The molecule has 58 heavy (non-hydrogen) atoms. The van der Waals surface area contributed by atoms with Gasteiger partial charge in [-0.25, -0.2) is 15.0 Å². The Morgan fingerprint density at radius 2 is 1.71 bits per heavy atom. The Kier molecular flexibility index (Phi) is 15.1. The van der Waals surface area contributed by atoms with E-state index in [0.29, 0.717) is 53.3 Å². The average molecular weight is 787 g/mol. The number of amides is 2. The quantitative estimate of drug-likeness (QED) is 0.120. The van der Waals surface area contributed by atoms with E-state index in [0.717, 1.165) is 96.2 Å². The Balaban J connectivity index is 0.000000254. The van der Waals surface area contributed by atoms with E-state index >= 15 is 0 Å². The predicted molar refractivity (Wildman–Crippen MR) is 239 cm³/mol. The Morgan fingerprint density at radius 3 is 2.41 bits per heavy atom. The summed E-state index contributed by atoms with van der Waals surface area (Å²) in [7, 11) is 2.06. The molecule has 0 unspecified atom stereocenters. The van der Waals surface area contributed by atoms with Gasteiger partial charge in [-0.05, 0) is 69.0 Å². The Hall–Kier alpha value is -5.62. The molecule has 3 aromatic heterocycles. The molecule has 12 nitrogen and oxygen atoms in total. The van der Waals surface area contributed by atoms with Gasteiger partial charge in [0.15, 0.2) is 5.82 Å². The number of nitrogens with two attached hydrogens (primary N) is 2. The van der Waals surface area contributed by atoms with Gasteiger partial charge in [-0.2, -0.15) is 0 Å². The number of nitrogen functional groups attached to an aromatic ring is 1. The number of pyridine rings is 2. The summed E-state index contributed by atoms with van der Waals surface area (Å²) in [6.07, 6.45) is 9.86. The van der Waals surface area contributed by atoms with E-state index in [1.807, 2.05) is 55.2 Å². The SMILES string of the molecule is CC.CCCCc1nc2c(N)nc3ccccc3c2n1C.CCCN(CCC)C(=O)C1=Cc2ccc(C(=O)Nc3cnc4c(c3)CN(C(C)C)CC4)cc2N=C(N)C1. The summed E-state index contributed by atoms with van der Waals surface area (Å²) in [6, 6.07) is 15.9. The molecule has 0 saturated carbocycles. The lowest BCUT2D eigenvalue weighted by molar-refractivity contribution is -0.127. The van der Waals surface area contributed by atoms with Crippen LogP contribution in [0.15, 0.2) is 65.3 Å². The lowest BCUT2D eigenvalue weighted by atomic mass is 10.0. The van der Waals surface area contributed by atoms with Crippen LogP contribution in [0, 0.1) is 0 Å². The van der Waals surface area contributed by atoms with Gasteiger partial charge in [0, 0.05) is 86.3 Å². The Morgan fingerprint density at radius 1 is 0.966 bits per heavy atom. The number of nitrogens with zero attached hydrogens (tertiary/aromatic N) is 7. The van der Waals surface area contributed by atoms with E-state index in [2.05, 4.69) is 82.5 Å². The molecule has 2 aliphatic rings. The molecule has 0 radical (unpaired) electrons. The summed E-state index contributed by atoms with van der Waals surface area (Å²) in [5.74, 6) is 1.72. The summed E-state index contributed by atoms with van der Waals surface area (Å²) in [4.78, 5) is 48.8. The van der Waals surface area contributed by atoms with Crippen LogP contribution in [-0.2, 0) is 31.2 Å². The third kappa shape index (κ3) is 10.1. The zero-order chi connectivity index (χ0) is 41.9. The van der Waals surface area contributed by atoms with Gasteiger partial charge in [0.25, 0.3) is 5.91 Å². The molecule has 0 atom stereocenters. The molecule has 0 bridgehead atoms. The number of rotatable bonds is 11. The van der Waals surface area contributed by atoms with Gasteiger partial charge in [-0.1, -0.05) is 65.3 Å². The van der Waals surface area contributed by atoms with E-state index < -0.39 is 0 Å². The molecule has 0 aliphatic carbocycles. The number of nitrogens with one attached hydrogen (secondary N) is 1. The number of imidazole rings is 1. The Bertz CT molecular complexity index is 2280. The topological polar surface area (TPSA) is 161 Å². The highest BCUT2D eigenvalue weighted by atomic mass is 16.2. The number of benzene rings is 2. The second-order valence-electron chi connectivity index (χ2n) is 15.0. The van der Waals surface area contributed by atoms with Crippen molar-refractivity contribution in [2.24, 2.45) is 17.8 Å². The van der Waals surface area contributed by atoms with Crippen molar-refractivity contribution in [2.75, 3.05) is 30.7 Å². The van der Waals surface area contributed by atoms with Crippen LogP contribution in [0.5, 0.6) is 0 Å². The second-order valence-corrected chi connectivity index (χ2v) is 15.0. The maximum absolute atomic E-state index is 13.2. The molecule has 0 fully saturated rings. The summed E-state index contributed by atoms with van der Waals surface area (Å²) in [5.41, 5.74) is 20.5. The summed E-state index contributed by atoms with van der Waals surface area (Å²) in [6.45, 7) is 18.0. The molecule has 5 N–H and O–H groups in total. The van der Waals surface area contributed by atoms with E-state index in [9.17, 15) is 9.59 Å². The number of para-hydroxylation sites is 1. The van der Waals surface area contributed by atoms with Gasteiger partial charge in [0.1, 0.15) is 17.2 Å². The number of aromatic nitrogens is 4. The van der Waals surface area contributed by atoms with Gasteiger partial charge in [0.05, 0.1) is 28.6 Å². The molecular formula is C46H62N10O2. The van der Waals surface area contributed by atoms with Crippen LogP contribution < -0.4 is 16.8 Å². The van der Waals surface area contributed by atoms with Gasteiger partial charge < -0.3 is 26.3 Å². The minimum atomic E-state index is -0.239. The summed E-state index contributed by atoms with van der Waals surface area (Å²) >= 11 is 0. The minimum Gasteiger partial charge on any atom is -0.387 e. The molecule has 12 heteroatoms. The van der Waals surface area contributed by atoms with Crippen molar-refractivity contribution in [1.29, 1.82) is 0 Å². The first-order valence-corrected chi connectivity index (χ1v) is 21.0. The van der Waals surface area contributed by atoms with E-state index in [-0.39, 0.29) is 18.2 Å². The molecule has 0 spiro atoms. The zero-order valence-corrected chi connectivity index (χ0v) is 35.7. The number of fused-ring (bicyclic) bond motifs is 5. The van der Waals surface area contributed by atoms with Crippen LogP contribution in [0.25, 0.3) is 28.0 Å². The van der Waals surface area contributed by atoms with Crippen LogP contribution in [0.4, 0.5) is 17.2 Å². The Labute approximate surface area is 343 Å². The number of amidine groups is 1. The van der Waals surface area contributed by atoms with Crippen molar-refractivity contribution in [2.45, 2.75) is 106 Å². The van der Waals surface area contributed by atoms with Crippen LogP contribution >= 0.6 is 0 Å². The smallest absolute Gasteiger partial charge is 0.255 e. The highest BCUT2D eigenvalue weighted by molar-refractivity contribution is 6.08. The summed E-state index contributed by atoms with van der Waals surface area (Å²) in [5, 5.41) is 4.10. The van der Waals surface area contributed by atoms with Gasteiger partial charge in [0.2, 0.25) is 5.91 Å². The zero-order valence-electron chi connectivity index (χ0n) is 35.7. The molecule has 2 aliphatic heterocycles. The molecule has 308 valence electrons. The number of unbranched alkanes of at least 4 members (excludes halogenated alkanes) is 1. The fraction of sp³-hybridized carbons (Fsp3) is 0.435. The molecule has 7 rings (SSSR count). The number of anilines is 2. The maximum Gasteiger partial charge on any atom is 0.255 e. The minimum absolute atomic E-state index is 0.00698. The van der Waals surface area contributed by atoms with Crippen molar-refractivity contribution < 1.29 is 9.59 Å². The average Bonchev–Trinajstić information content (AvgIpc) is 3.46. The first-order chi connectivity index (χ1) is 28.0. The van der Waals surface area contributed by atoms with Crippen LogP contribution in [0.3, 0.4) is 0 Å². The number of carbonyl (C=O) groups excluding carboxylic acids is 2. The first kappa shape index (κ1) is 43.5. The third-order valence-electron chi connectivity index (χ3n) is 10.4. The maximum atomic E-state index is 13.2. The molecular weight excluding hydrogens is 725 g/mol. The highest BCUT2D eigenvalue weighted by Crippen LogP contribution is 2.30. The molecule has 0 saturated heterocycles. The number of aryl methyl sites for hydroxylation is 2. The van der Waals surface area contributed by atoms with Crippen molar-refractivity contribution in [3.63, 3.8) is 0 Å². The van der Waals surface area contributed by atoms with Crippen LogP contribution in [-0.4, -0.2) is 72.6 Å². The fourth-order valence-electron chi connectivity index (χ4n) is 7.43. The monoisotopic (exact) mass is 787 g/mol. The van der Waals surface area contributed by atoms with Crippen molar-refractivity contribution in [1.82, 2.24) is 29.3 Å². The predicted octanol–water partition coefficient (Wildman–Crippen LogP) is 8.60. The molecule has 2 amide bonds. The van der Waals surface area contributed by atoms with E-state index in [1.54, 1.807) is 18.3 Å². The summed E-state index contributed by atoms with van der Waals surface area (Å²) < 4.78 is 2.16. The molecule has 5 aromatic rings. The van der Waals surface area contributed by atoms with Gasteiger partial charge in [-0.15, -0.1) is 0 Å². The van der Waals surface area contributed by atoms with Crippen LogP contribution in [0.2, 0.25) is 0 Å². The number of carbonyl (C=O) groups is 2. The number of hydrogen-bond donors (Lipinski definition) is 3. The van der Waals surface area contributed by atoms with E-state index in [1.165, 1.54) is 0 Å². The van der Waals surface area contributed by atoms with Crippen molar-refractivity contribution in [3.8, 4) is 0 Å².